The normalized spacial score (nSPS) is 17.4. The molecule has 0 radical (unpaired) electrons. The van der Waals surface area contributed by atoms with Gasteiger partial charge in [0.1, 0.15) is 5.82 Å². The molecule has 1 fully saturated rings. The number of amides is 1. The number of pyridine rings is 1. The maximum absolute atomic E-state index is 13.6. The van der Waals surface area contributed by atoms with Crippen molar-refractivity contribution in [1.82, 2.24) is 9.88 Å². The van der Waals surface area contributed by atoms with Crippen molar-refractivity contribution in [2.75, 3.05) is 25.0 Å². The molecule has 24 heavy (non-hydrogen) atoms. The number of likely N-dealkylation sites (tertiary alicyclic amines) is 1. The minimum absolute atomic E-state index is 0.178. The maximum atomic E-state index is 13.6. The summed E-state index contributed by atoms with van der Waals surface area (Å²) in [5, 5.41) is 13.3. The van der Waals surface area contributed by atoms with Crippen LogP contribution in [0, 0.1) is 5.82 Å². The molecule has 2 aromatic rings. The first-order valence-corrected chi connectivity index (χ1v) is 7.96. The summed E-state index contributed by atoms with van der Waals surface area (Å²) in [5.74, 6) is -0.706. The first-order valence-electron chi connectivity index (χ1n) is 7.96. The summed E-state index contributed by atoms with van der Waals surface area (Å²) in [4.78, 5) is 18.1. The van der Waals surface area contributed by atoms with E-state index in [0.29, 0.717) is 25.9 Å². The molecule has 5 nitrogen and oxygen atoms in total. The van der Waals surface area contributed by atoms with Crippen LogP contribution in [0.2, 0.25) is 0 Å². The average Bonchev–Trinajstić information content (AvgIpc) is 2.60. The van der Waals surface area contributed by atoms with Gasteiger partial charge in [0, 0.05) is 31.0 Å². The third-order valence-corrected chi connectivity index (χ3v) is 4.40. The van der Waals surface area contributed by atoms with Crippen LogP contribution in [0.3, 0.4) is 0 Å². The van der Waals surface area contributed by atoms with E-state index >= 15 is 0 Å². The molecule has 126 valence electrons. The van der Waals surface area contributed by atoms with Gasteiger partial charge in [0.15, 0.2) is 0 Å². The van der Waals surface area contributed by atoms with Crippen molar-refractivity contribution >= 4 is 11.6 Å². The van der Waals surface area contributed by atoms with E-state index in [1.165, 1.54) is 12.1 Å². The standard InChI is InChI=1S/C18H20FN3O2/c19-15-5-1-2-6-16(15)21-17(23)13-22-10-7-18(24,8-11-22)14-4-3-9-20-12-14/h1-6,9,12,24H,7-8,10-11,13H2,(H,21,23). The van der Waals surface area contributed by atoms with E-state index in [1.54, 1.807) is 24.5 Å². The topological polar surface area (TPSA) is 65.5 Å². The van der Waals surface area contributed by atoms with Crippen LogP contribution in [-0.2, 0) is 10.4 Å². The molecule has 0 spiro atoms. The van der Waals surface area contributed by atoms with E-state index in [9.17, 15) is 14.3 Å². The molecule has 0 bridgehead atoms. The second-order valence-electron chi connectivity index (χ2n) is 6.08. The zero-order valence-corrected chi connectivity index (χ0v) is 13.3. The number of aliphatic hydroxyl groups is 1. The van der Waals surface area contributed by atoms with Gasteiger partial charge in [-0.15, -0.1) is 0 Å². The fourth-order valence-electron chi connectivity index (χ4n) is 2.96. The van der Waals surface area contributed by atoms with Crippen molar-refractivity contribution in [2.24, 2.45) is 0 Å². The molecule has 2 N–H and O–H groups in total. The molecular weight excluding hydrogens is 309 g/mol. The van der Waals surface area contributed by atoms with Crippen LogP contribution < -0.4 is 5.32 Å². The maximum Gasteiger partial charge on any atom is 0.238 e. The zero-order valence-electron chi connectivity index (χ0n) is 13.3. The van der Waals surface area contributed by atoms with E-state index in [2.05, 4.69) is 10.3 Å². The lowest BCUT2D eigenvalue weighted by Gasteiger charge is -2.38. The van der Waals surface area contributed by atoms with Crippen LogP contribution in [-0.4, -0.2) is 40.5 Å². The molecule has 3 rings (SSSR count). The summed E-state index contributed by atoms with van der Waals surface area (Å²) >= 11 is 0. The minimum Gasteiger partial charge on any atom is -0.385 e. The van der Waals surface area contributed by atoms with E-state index in [0.717, 1.165) is 5.56 Å². The number of anilines is 1. The molecule has 0 atom stereocenters. The Balaban J connectivity index is 1.54. The number of hydrogen-bond donors (Lipinski definition) is 2. The van der Waals surface area contributed by atoms with Gasteiger partial charge in [-0.1, -0.05) is 18.2 Å². The highest BCUT2D eigenvalue weighted by molar-refractivity contribution is 5.92. The number of aromatic nitrogens is 1. The Labute approximate surface area is 140 Å². The Morgan fingerprint density at radius 1 is 1.25 bits per heavy atom. The third kappa shape index (κ3) is 3.77. The van der Waals surface area contributed by atoms with Gasteiger partial charge in [-0.2, -0.15) is 0 Å². The van der Waals surface area contributed by atoms with Gasteiger partial charge >= 0.3 is 0 Å². The third-order valence-electron chi connectivity index (χ3n) is 4.40. The lowest BCUT2D eigenvalue weighted by atomic mass is 9.85. The number of piperidine rings is 1. The Morgan fingerprint density at radius 2 is 2.00 bits per heavy atom. The first-order chi connectivity index (χ1) is 11.6. The van der Waals surface area contributed by atoms with E-state index in [4.69, 9.17) is 0 Å². The highest BCUT2D eigenvalue weighted by Crippen LogP contribution is 2.32. The lowest BCUT2D eigenvalue weighted by Crippen LogP contribution is -2.45. The summed E-state index contributed by atoms with van der Waals surface area (Å²) in [6.45, 7) is 1.36. The summed E-state index contributed by atoms with van der Waals surface area (Å²) in [7, 11) is 0. The number of nitrogens with one attached hydrogen (secondary N) is 1. The number of nitrogens with zero attached hydrogens (tertiary/aromatic N) is 2. The molecule has 1 aromatic carbocycles. The largest absolute Gasteiger partial charge is 0.385 e. The summed E-state index contributed by atoms with van der Waals surface area (Å²) in [6, 6.07) is 9.77. The van der Waals surface area contributed by atoms with E-state index in [1.807, 2.05) is 17.0 Å². The number of carbonyl (C=O) groups excluding carboxylic acids is 1. The van der Waals surface area contributed by atoms with Gasteiger partial charge in [-0.3, -0.25) is 14.7 Å². The molecule has 1 saturated heterocycles. The van der Waals surface area contributed by atoms with Gasteiger partial charge in [-0.05, 0) is 31.0 Å². The smallest absolute Gasteiger partial charge is 0.238 e. The fourth-order valence-corrected chi connectivity index (χ4v) is 2.96. The van der Waals surface area contributed by atoms with Crippen molar-refractivity contribution < 1.29 is 14.3 Å². The Morgan fingerprint density at radius 3 is 2.67 bits per heavy atom. The zero-order chi connectivity index (χ0) is 17.0. The van der Waals surface area contributed by atoms with E-state index in [-0.39, 0.29) is 18.1 Å². The predicted molar refractivity (Wildman–Crippen MR) is 88.8 cm³/mol. The second-order valence-corrected chi connectivity index (χ2v) is 6.08. The summed E-state index contributed by atoms with van der Waals surface area (Å²) in [5.41, 5.74) is 0.0964. The van der Waals surface area contributed by atoms with Crippen molar-refractivity contribution in [3.05, 3.63) is 60.2 Å². The monoisotopic (exact) mass is 329 g/mol. The van der Waals surface area contributed by atoms with Crippen molar-refractivity contribution in [2.45, 2.75) is 18.4 Å². The first kappa shape index (κ1) is 16.5. The van der Waals surface area contributed by atoms with Crippen LogP contribution in [0.15, 0.2) is 48.8 Å². The van der Waals surface area contributed by atoms with Gasteiger partial charge in [0.2, 0.25) is 5.91 Å². The van der Waals surface area contributed by atoms with Gasteiger partial charge < -0.3 is 10.4 Å². The number of para-hydroxylation sites is 1. The lowest BCUT2D eigenvalue weighted by molar-refractivity contribution is -0.118. The summed E-state index contributed by atoms with van der Waals surface area (Å²) in [6.07, 6.45) is 4.42. The second kappa shape index (κ2) is 7.07. The number of rotatable bonds is 4. The quantitative estimate of drug-likeness (QED) is 0.902. The highest BCUT2D eigenvalue weighted by Gasteiger charge is 2.34. The van der Waals surface area contributed by atoms with Crippen LogP contribution in [0.4, 0.5) is 10.1 Å². The van der Waals surface area contributed by atoms with Crippen molar-refractivity contribution in [3.63, 3.8) is 0 Å². The summed E-state index contributed by atoms with van der Waals surface area (Å²) < 4.78 is 13.6. The van der Waals surface area contributed by atoms with Gasteiger partial charge in [0.25, 0.3) is 0 Å². The number of halogens is 1. The molecule has 0 unspecified atom stereocenters. The van der Waals surface area contributed by atoms with Crippen LogP contribution >= 0.6 is 0 Å². The Bertz CT molecular complexity index is 700. The average molecular weight is 329 g/mol. The van der Waals surface area contributed by atoms with Crippen LogP contribution in [0.5, 0.6) is 0 Å². The van der Waals surface area contributed by atoms with Crippen LogP contribution in [0.25, 0.3) is 0 Å². The Kier molecular flexibility index (Phi) is 4.87. The van der Waals surface area contributed by atoms with Gasteiger partial charge in [-0.25, -0.2) is 4.39 Å². The highest BCUT2D eigenvalue weighted by atomic mass is 19.1. The van der Waals surface area contributed by atoms with Crippen molar-refractivity contribution in [3.8, 4) is 0 Å². The number of carbonyl (C=O) groups is 1. The molecule has 6 heteroatoms. The number of hydrogen-bond acceptors (Lipinski definition) is 4. The molecule has 1 aliphatic rings. The number of benzene rings is 1. The van der Waals surface area contributed by atoms with Crippen molar-refractivity contribution in [1.29, 1.82) is 0 Å². The molecule has 0 aliphatic carbocycles. The molecule has 1 aromatic heterocycles. The minimum atomic E-state index is -0.896. The van der Waals surface area contributed by atoms with Crippen LogP contribution in [0.1, 0.15) is 18.4 Å². The molecule has 0 saturated carbocycles. The van der Waals surface area contributed by atoms with E-state index < -0.39 is 11.4 Å². The predicted octanol–water partition coefficient (Wildman–Crippen LogP) is 2.14. The Hall–Kier alpha value is -2.31. The van der Waals surface area contributed by atoms with Gasteiger partial charge in [0.05, 0.1) is 17.8 Å². The molecule has 2 heterocycles. The SMILES string of the molecule is O=C(CN1CCC(O)(c2cccnc2)CC1)Nc1ccccc1F. The molecular formula is C18H20FN3O2. The fraction of sp³-hybridized carbons (Fsp3) is 0.333. The molecule has 1 aliphatic heterocycles. The molecule has 1 amide bonds.